The smallest absolute Gasteiger partial charge is 0.248 e. The number of carbonyl (C=O) groups excluding carboxylic acids is 1. The van der Waals surface area contributed by atoms with Gasteiger partial charge in [-0.05, 0) is 55.3 Å². The minimum Gasteiger partial charge on any atom is -0.495 e. The lowest BCUT2D eigenvalue weighted by Crippen LogP contribution is -2.09. The summed E-state index contributed by atoms with van der Waals surface area (Å²) in [5.41, 5.74) is 2.52. The fraction of sp³-hybridized carbons (Fsp3) is 0.250. The third kappa shape index (κ3) is 5.01. The molecule has 0 atom stereocenters. The SMILES string of the molecule is CCOc1ccc(/C=C/C(=O)Nc2cc(C)ccc2OC)cc1OC. The zero-order valence-electron chi connectivity index (χ0n) is 15.0. The standard InChI is InChI=1S/C20H23NO4/c1-5-25-18-10-7-15(13-19(18)24-4)8-11-20(22)21-16-12-14(2)6-9-17(16)23-3/h6-13H,5H2,1-4H3,(H,21,22)/b11-8+. The molecule has 0 spiro atoms. The van der Waals surface area contributed by atoms with Crippen LogP contribution >= 0.6 is 0 Å². The van der Waals surface area contributed by atoms with E-state index in [1.165, 1.54) is 6.08 Å². The van der Waals surface area contributed by atoms with E-state index in [1.54, 1.807) is 20.3 Å². The van der Waals surface area contributed by atoms with E-state index in [4.69, 9.17) is 14.2 Å². The molecule has 0 aromatic heterocycles. The van der Waals surface area contributed by atoms with E-state index in [0.717, 1.165) is 11.1 Å². The molecule has 5 nitrogen and oxygen atoms in total. The number of hydrogen-bond acceptors (Lipinski definition) is 4. The molecule has 2 rings (SSSR count). The number of aryl methyl sites for hydroxylation is 1. The number of methoxy groups -OCH3 is 2. The summed E-state index contributed by atoms with van der Waals surface area (Å²) in [4.78, 5) is 12.2. The van der Waals surface area contributed by atoms with Crippen LogP contribution in [0.3, 0.4) is 0 Å². The van der Waals surface area contributed by atoms with Crippen molar-refractivity contribution in [2.24, 2.45) is 0 Å². The van der Waals surface area contributed by atoms with E-state index < -0.39 is 0 Å². The largest absolute Gasteiger partial charge is 0.495 e. The van der Waals surface area contributed by atoms with Crippen LogP contribution in [0.1, 0.15) is 18.1 Å². The predicted molar refractivity (Wildman–Crippen MR) is 99.6 cm³/mol. The Labute approximate surface area is 148 Å². The highest BCUT2D eigenvalue weighted by Crippen LogP contribution is 2.29. The molecule has 0 fully saturated rings. The Hall–Kier alpha value is -2.95. The topological polar surface area (TPSA) is 56.8 Å². The van der Waals surface area contributed by atoms with Gasteiger partial charge in [0.05, 0.1) is 26.5 Å². The summed E-state index contributed by atoms with van der Waals surface area (Å²) in [5.74, 6) is 1.69. The van der Waals surface area contributed by atoms with Crippen molar-refractivity contribution in [1.29, 1.82) is 0 Å². The van der Waals surface area contributed by atoms with Crippen molar-refractivity contribution >= 4 is 17.7 Å². The lowest BCUT2D eigenvalue weighted by molar-refractivity contribution is -0.111. The van der Waals surface area contributed by atoms with Gasteiger partial charge in [-0.25, -0.2) is 0 Å². The maximum Gasteiger partial charge on any atom is 0.248 e. The molecule has 0 radical (unpaired) electrons. The first-order chi connectivity index (χ1) is 12.1. The third-order valence-corrected chi connectivity index (χ3v) is 3.53. The van der Waals surface area contributed by atoms with Crippen molar-refractivity contribution in [1.82, 2.24) is 0 Å². The third-order valence-electron chi connectivity index (χ3n) is 3.53. The van der Waals surface area contributed by atoms with Gasteiger partial charge in [0.2, 0.25) is 5.91 Å². The zero-order valence-corrected chi connectivity index (χ0v) is 15.0. The minimum atomic E-state index is -0.239. The van der Waals surface area contributed by atoms with Crippen LogP contribution in [0.15, 0.2) is 42.5 Å². The van der Waals surface area contributed by atoms with E-state index in [1.807, 2.05) is 50.2 Å². The van der Waals surface area contributed by atoms with Crippen molar-refractivity contribution in [3.05, 3.63) is 53.6 Å². The molecule has 0 aliphatic heterocycles. The van der Waals surface area contributed by atoms with E-state index in [2.05, 4.69) is 5.32 Å². The number of rotatable bonds is 7. The maximum absolute atomic E-state index is 12.2. The van der Waals surface area contributed by atoms with Gasteiger partial charge in [-0.1, -0.05) is 12.1 Å². The molecule has 0 bridgehead atoms. The second-order valence-electron chi connectivity index (χ2n) is 5.37. The Balaban J connectivity index is 2.11. The van der Waals surface area contributed by atoms with Crippen LogP contribution in [-0.2, 0) is 4.79 Å². The van der Waals surface area contributed by atoms with Crippen LogP contribution in [-0.4, -0.2) is 26.7 Å². The number of carbonyl (C=O) groups is 1. The average molecular weight is 341 g/mol. The van der Waals surface area contributed by atoms with Crippen LogP contribution in [0.2, 0.25) is 0 Å². The molecule has 1 N–H and O–H groups in total. The van der Waals surface area contributed by atoms with Gasteiger partial charge in [-0.15, -0.1) is 0 Å². The van der Waals surface area contributed by atoms with Crippen LogP contribution in [0.5, 0.6) is 17.2 Å². The summed E-state index contributed by atoms with van der Waals surface area (Å²) in [6, 6.07) is 11.1. The number of hydrogen-bond donors (Lipinski definition) is 1. The molecule has 0 saturated heterocycles. The highest BCUT2D eigenvalue weighted by Gasteiger charge is 2.07. The lowest BCUT2D eigenvalue weighted by Gasteiger charge is -2.10. The number of amides is 1. The van der Waals surface area contributed by atoms with Crippen LogP contribution in [0.25, 0.3) is 6.08 Å². The Morgan fingerprint density at radius 1 is 1.04 bits per heavy atom. The van der Waals surface area contributed by atoms with E-state index >= 15 is 0 Å². The zero-order chi connectivity index (χ0) is 18.2. The van der Waals surface area contributed by atoms with Gasteiger partial charge >= 0.3 is 0 Å². The van der Waals surface area contributed by atoms with Gasteiger partial charge in [-0.2, -0.15) is 0 Å². The molecule has 0 unspecified atom stereocenters. The molecule has 0 aliphatic rings. The van der Waals surface area contributed by atoms with Crippen molar-refractivity contribution in [2.75, 3.05) is 26.1 Å². The molecule has 2 aromatic carbocycles. The number of ether oxygens (including phenoxy) is 3. The second kappa shape index (κ2) is 8.78. The highest BCUT2D eigenvalue weighted by atomic mass is 16.5. The molecule has 0 saturated carbocycles. The first kappa shape index (κ1) is 18.4. The van der Waals surface area contributed by atoms with Gasteiger partial charge in [0.15, 0.2) is 11.5 Å². The van der Waals surface area contributed by atoms with Crippen molar-refractivity contribution < 1.29 is 19.0 Å². The summed E-state index contributed by atoms with van der Waals surface area (Å²) in [7, 11) is 3.16. The van der Waals surface area contributed by atoms with Gasteiger partial charge in [-0.3, -0.25) is 4.79 Å². The highest BCUT2D eigenvalue weighted by molar-refractivity contribution is 6.02. The predicted octanol–water partition coefficient (Wildman–Crippen LogP) is 4.06. The quantitative estimate of drug-likeness (QED) is 0.772. The van der Waals surface area contributed by atoms with Gasteiger partial charge in [0.25, 0.3) is 0 Å². The molecule has 0 aliphatic carbocycles. The van der Waals surface area contributed by atoms with Crippen molar-refractivity contribution in [3.63, 3.8) is 0 Å². The number of benzene rings is 2. The van der Waals surface area contributed by atoms with E-state index in [-0.39, 0.29) is 5.91 Å². The first-order valence-corrected chi connectivity index (χ1v) is 8.02. The number of anilines is 1. The van der Waals surface area contributed by atoms with E-state index in [0.29, 0.717) is 29.5 Å². The van der Waals surface area contributed by atoms with Crippen molar-refractivity contribution in [3.8, 4) is 17.2 Å². The lowest BCUT2D eigenvalue weighted by atomic mass is 10.1. The fourth-order valence-electron chi connectivity index (χ4n) is 2.33. The van der Waals surface area contributed by atoms with Crippen molar-refractivity contribution in [2.45, 2.75) is 13.8 Å². The second-order valence-corrected chi connectivity index (χ2v) is 5.37. The average Bonchev–Trinajstić information content (AvgIpc) is 2.61. The Morgan fingerprint density at radius 2 is 1.76 bits per heavy atom. The van der Waals surface area contributed by atoms with Crippen LogP contribution in [0, 0.1) is 6.92 Å². The minimum absolute atomic E-state index is 0.239. The molecule has 1 amide bonds. The van der Waals surface area contributed by atoms with Crippen LogP contribution in [0.4, 0.5) is 5.69 Å². The monoisotopic (exact) mass is 341 g/mol. The summed E-state index contributed by atoms with van der Waals surface area (Å²) in [6.07, 6.45) is 3.19. The Bertz CT molecular complexity index is 768. The molecule has 25 heavy (non-hydrogen) atoms. The first-order valence-electron chi connectivity index (χ1n) is 8.02. The summed E-state index contributed by atoms with van der Waals surface area (Å²) < 4.78 is 16.1. The molecule has 132 valence electrons. The molecule has 2 aromatic rings. The molecule has 0 heterocycles. The normalized spacial score (nSPS) is 10.6. The van der Waals surface area contributed by atoms with E-state index in [9.17, 15) is 4.79 Å². The Morgan fingerprint density at radius 3 is 2.44 bits per heavy atom. The summed E-state index contributed by atoms with van der Waals surface area (Å²) in [5, 5.41) is 2.83. The van der Waals surface area contributed by atoms with Crippen LogP contribution < -0.4 is 19.5 Å². The van der Waals surface area contributed by atoms with Gasteiger partial charge in [0, 0.05) is 6.08 Å². The molecular formula is C20H23NO4. The van der Waals surface area contributed by atoms with Gasteiger partial charge < -0.3 is 19.5 Å². The maximum atomic E-state index is 12.2. The Kier molecular flexibility index (Phi) is 6.46. The molecular weight excluding hydrogens is 318 g/mol. The summed E-state index contributed by atoms with van der Waals surface area (Å²) in [6.45, 7) is 4.43. The number of nitrogens with one attached hydrogen (secondary N) is 1. The summed E-state index contributed by atoms with van der Waals surface area (Å²) >= 11 is 0. The van der Waals surface area contributed by atoms with Gasteiger partial charge in [0.1, 0.15) is 5.75 Å². The fourth-order valence-corrected chi connectivity index (χ4v) is 2.33. The molecule has 5 heteroatoms.